The number of carbonyl (C=O) groups is 2. The molecular weight excluding hydrogens is 286 g/mol. The van der Waals surface area contributed by atoms with Crippen molar-refractivity contribution >= 4 is 17.6 Å². The van der Waals surface area contributed by atoms with Gasteiger partial charge in [0.05, 0.1) is 30.5 Å². The van der Waals surface area contributed by atoms with Gasteiger partial charge in [-0.2, -0.15) is 0 Å². The van der Waals surface area contributed by atoms with Gasteiger partial charge in [-0.15, -0.1) is 4.91 Å². The summed E-state index contributed by atoms with van der Waals surface area (Å²) in [6.45, 7) is -0.0289. The van der Waals surface area contributed by atoms with Crippen molar-refractivity contribution < 1.29 is 14.3 Å². The SMILES string of the molecule is COc1ccc(CN2C(=O)c3ccccc3C2=O)nc1N=O. The number of aromatic nitrogens is 1. The molecule has 0 N–H and O–H groups in total. The van der Waals surface area contributed by atoms with Crippen LogP contribution in [0.3, 0.4) is 0 Å². The minimum Gasteiger partial charge on any atom is -0.493 e. The summed E-state index contributed by atoms with van der Waals surface area (Å²) in [6.07, 6.45) is 0. The number of pyridine rings is 1. The zero-order valence-electron chi connectivity index (χ0n) is 11.6. The minimum absolute atomic E-state index is 0.0289. The Morgan fingerprint density at radius 1 is 1.09 bits per heavy atom. The maximum absolute atomic E-state index is 12.3. The molecule has 1 aromatic heterocycles. The van der Waals surface area contributed by atoms with Crippen LogP contribution in [0.2, 0.25) is 0 Å². The highest BCUT2D eigenvalue weighted by Crippen LogP contribution is 2.27. The van der Waals surface area contributed by atoms with Crippen LogP contribution in [0.1, 0.15) is 26.4 Å². The first-order valence-electron chi connectivity index (χ1n) is 6.48. The first kappa shape index (κ1) is 13.9. The first-order valence-corrected chi connectivity index (χ1v) is 6.48. The number of nitroso groups, excluding NO2 is 1. The van der Waals surface area contributed by atoms with Gasteiger partial charge in [0.15, 0.2) is 5.75 Å². The van der Waals surface area contributed by atoms with Crippen LogP contribution in [-0.2, 0) is 6.54 Å². The summed E-state index contributed by atoms with van der Waals surface area (Å²) in [4.78, 5) is 40.4. The van der Waals surface area contributed by atoms with Gasteiger partial charge in [-0.3, -0.25) is 14.5 Å². The summed E-state index contributed by atoms with van der Waals surface area (Å²) in [5.74, 6) is -0.629. The Morgan fingerprint density at radius 3 is 2.27 bits per heavy atom. The number of hydrogen-bond donors (Lipinski definition) is 0. The third kappa shape index (κ3) is 2.12. The minimum atomic E-state index is -0.376. The van der Waals surface area contributed by atoms with Crippen molar-refractivity contribution in [3.63, 3.8) is 0 Å². The zero-order chi connectivity index (χ0) is 15.7. The monoisotopic (exact) mass is 297 g/mol. The summed E-state index contributed by atoms with van der Waals surface area (Å²) in [7, 11) is 1.40. The van der Waals surface area contributed by atoms with E-state index in [-0.39, 0.29) is 29.9 Å². The number of nitrogens with zero attached hydrogens (tertiary/aromatic N) is 3. The molecule has 0 aliphatic carbocycles. The largest absolute Gasteiger partial charge is 0.493 e. The van der Waals surface area contributed by atoms with E-state index in [0.717, 1.165) is 4.90 Å². The number of carbonyl (C=O) groups excluding carboxylic acids is 2. The van der Waals surface area contributed by atoms with E-state index in [4.69, 9.17) is 4.74 Å². The molecule has 1 aromatic carbocycles. The molecule has 0 bridgehead atoms. The number of hydrogen-bond acceptors (Lipinski definition) is 6. The van der Waals surface area contributed by atoms with Crippen LogP contribution >= 0.6 is 0 Å². The molecular formula is C15H11N3O4. The van der Waals surface area contributed by atoms with E-state index in [2.05, 4.69) is 10.2 Å². The standard InChI is InChI=1S/C15H11N3O4/c1-22-12-7-6-9(16-13(12)17-21)8-18-14(19)10-4-2-3-5-11(10)15(18)20/h2-7H,8H2,1H3. The molecule has 1 aliphatic rings. The van der Waals surface area contributed by atoms with Gasteiger partial charge in [0.1, 0.15) is 0 Å². The van der Waals surface area contributed by atoms with Crippen LogP contribution in [0.25, 0.3) is 0 Å². The van der Waals surface area contributed by atoms with Gasteiger partial charge in [-0.25, -0.2) is 4.98 Å². The number of imide groups is 1. The van der Waals surface area contributed by atoms with Crippen molar-refractivity contribution in [2.75, 3.05) is 7.11 Å². The van der Waals surface area contributed by atoms with Crippen LogP contribution in [0, 0.1) is 4.91 Å². The molecule has 110 valence electrons. The highest BCUT2D eigenvalue weighted by atomic mass is 16.5. The normalized spacial score (nSPS) is 13.2. The number of rotatable bonds is 4. The fourth-order valence-electron chi connectivity index (χ4n) is 2.33. The molecule has 0 spiro atoms. The molecule has 7 nitrogen and oxygen atoms in total. The Morgan fingerprint density at radius 2 is 1.73 bits per heavy atom. The van der Waals surface area contributed by atoms with Gasteiger partial charge in [-0.05, 0) is 29.4 Å². The predicted octanol–water partition coefficient (Wildman–Crippen LogP) is 2.28. The van der Waals surface area contributed by atoms with Gasteiger partial charge >= 0.3 is 0 Å². The number of ether oxygens (including phenoxy) is 1. The lowest BCUT2D eigenvalue weighted by Crippen LogP contribution is -2.29. The number of fused-ring (bicyclic) bond motifs is 1. The van der Waals surface area contributed by atoms with Crippen LogP contribution in [-0.4, -0.2) is 28.8 Å². The van der Waals surface area contributed by atoms with E-state index in [1.807, 2.05) is 0 Å². The van der Waals surface area contributed by atoms with Gasteiger partial charge in [0, 0.05) is 0 Å². The summed E-state index contributed by atoms with van der Waals surface area (Å²) < 4.78 is 4.95. The maximum Gasteiger partial charge on any atom is 0.261 e. The molecule has 7 heteroatoms. The van der Waals surface area contributed by atoms with Crippen molar-refractivity contribution in [2.24, 2.45) is 5.18 Å². The van der Waals surface area contributed by atoms with Crippen molar-refractivity contribution in [2.45, 2.75) is 6.54 Å². The molecule has 0 atom stereocenters. The fraction of sp³-hybridized carbons (Fsp3) is 0.133. The molecule has 2 aromatic rings. The number of amides is 2. The second-order valence-corrected chi connectivity index (χ2v) is 4.66. The van der Waals surface area contributed by atoms with Crippen LogP contribution < -0.4 is 4.74 Å². The molecule has 0 unspecified atom stereocenters. The predicted molar refractivity (Wildman–Crippen MR) is 76.9 cm³/mol. The van der Waals surface area contributed by atoms with Crippen molar-refractivity contribution in [3.05, 3.63) is 58.1 Å². The summed E-state index contributed by atoms with van der Waals surface area (Å²) >= 11 is 0. The van der Waals surface area contributed by atoms with Crippen molar-refractivity contribution in [1.82, 2.24) is 9.88 Å². The highest BCUT2D eigenvalue weighted by Gasteiger charge is 2.35. The van der Waals surface area contributed by atoms with E-state index in [9.17, 15) is 14.5 Å². The van der Waals surface area contributed by atoms with Crippen molar-refractivity contribution in [1.29, 1.82) is 0 Å². The molecule has 1 aliphatic heterocycles. The first-order chi connectivity index (χ1) is 10.7. The Kier molecular flexibility index (Phi) is 3.38. The van der Waals surface area contributed by atoms with E-state index in [0.29, 0.717) is 16.8 Å². The van der Waals surface area contributed by atoms with Gasteiger partial charge < -0.3 is 4.74 Å². The van der Waals surface area contributed by atoms with E-state index in [1.54, 1.807) is 30.3 Å². The Hall–Kier alpha value is -3.09. The van der Waals surface area contributed by atoms with Crippen molar-refractivity contribution in [3.8, 4) is 5.75 Å². The molecule has 0 saturated carbocycles. The molecule has 0 saturated heterocycles. The van der Waals surface area contributed by atoms with Crippen LogP contribution in [0.4, 0.5) is 5.82 Å². The Bertz CT molecular complexity index is 753. The lowest BCUT2D eigenvalue weighted by atomic mass is 10.1. The second kappa shape index (κ2) is 5.36. The number of methoxy groups -OCH3 is 1. The van der Waals surface area contributed by atoms with E-state index < -0.39 is 0 Å². The average molecular weight is 297 g/mol. The van der Waals surface area contributed by atoms with E-state index >= 15 is 0 Å². The molecule has 2 heterocycles. The zero-order valence-corrected chi connectivity index (χ0v) is 11.6. The topological polar surface area (TPSA) is 88.9 Å². The highest BCUT2D eigenvalue weighted by molar-refractivity contribution is 6.21. The third-order valence-electron chi connectivity index (χ3n) is 3.40. The summed E-state index contributed by atoms with van der Waals surface area (Å²) in [6, 6.07) is 9.72. The lowest BCUT2D eigenvalue weighted by Gasteiger charge is -2.13. The summed E-state index contributed by atoms with van der Waals surface area (Å²) in [5, 5.41) is 2.78. The quantitative estimate of drug-likeness (QED) is 0.638. The second-order valence-electron chi connectivity index (χ2n) is 4.66. The van der Waals surface area contributed by atoms with Crippen LogP contribution in [0.5, 0.6) is 5.75 Å². The van der Waals surface area contributed by atoms with Gasteiger partial charge in [0.25, 0.3) is 11.8 Å². The maximum atomic E-state index is 12.3. The molecule has 3 rings (SSSR count). The molecule has 0 radical (unpaired) electrons. The summed E-state index contributed by atoms with van der Waals surface area (Å²) in [5.41, 5.74) is 1.12. The van der Waals surface area contributed by atoms with Gasteiger partial charge in [0.2, 0.25) is 5.82 Å². The fourth-order valence-corrected chi connectivity index (χ4v) is 2.33. The van der Waals surface area contributed by atoms with E-state index in [1.165, 1.54) is 13.2 Å². The van der Waals surface area contributed by atoms with Crippen LogP contribution in [0.15, 0.2) is 41.6 Å². The Balaban J connectivity index is 1.90. The third-order valence-corrected chi connectivity index (χ3v) is 3.40. The smallest absolute Gasteiger partial charge is 0.261 e. The average Bonchev–Trinajstić information content (AvgIpc) is 2.80. The van der Waals surface area contributed by atoms with Gasteiger partial charge in [-0.1, -0.05) is 12.1 Å². The number of benzene rings is 1. The molecule has 22 heavy (non-hydrogen) atoms. The Labute approximate surface area is 125 Å². The lowest BCUT2D eigenvalue weighted by molar-refractivity contribution is 0.0640. The molecule has 2 amide bonds. The molecule has 0 fully saturated rings.